The molecule has 1 aromatic rings. The van der Waals surface area contributed by atoms with Gasteiger partial charge in [-0.05, 0) is 31.4 Å². The van der Waals surface area contributed by atoms with Crippen LogP contribution in [0.25, 0.3) is 0 Å². The second-order valence-corrected chi connectivity index (χ2v) is 5.57. The predicted octanol–water partition coefficient (Wildman–Crippen LogP) is 0.718. The van der Waals surface area contributed by atoms with Crippen molar-refractivity contribution in [3.8, 4) is 0 Å². The lowest BCUT2D eigenvalue weighted by atomic mass is 9.77. The molecule has 0 unspecified atom stereocenters. The third-order valence-corrected chi connectivity index (χ3v) is 4.15. The maximum absolute atomic E-state index is 12.5. The molecule has 120 valence electrons. The van der Waals surface area contributed by atoms with Gasteiger partial charge < -0.3 is 19.7 Å². The van der Waals surface area contributed by atoms with E-state index in [4.69, 9.17) is 4.74 Å². The molecule has 1 saturated heterocycles. The van der Waals surface area contributed by atoms with Gasteiger partial charge in [0.1, 0.15) is 5.56 Å². The number of carbonyl (C=O) groups excluding carboxylic acids is 1. The number of methoxy groups -OCH3 is 1. The summed E-state index contributed by atoms with van der Waals surface area (Å²) in [4.78, 5) is 39.8. The molecule has 0 aromatic carbocycles. The SMILES string of the molecule is COCC[C@]1(C(=O)O)CCCN(C(=O)c2ccc[nH]c2=O)C1. The van der Waals surface area contributed by atoms with Crippen LogP contribution in [0.5, 0.6) is 0 Å². The minimum Gasteiger partial charge on any atom is -0.481 e. The average molecular weight is 308 g/mol. The number of aromatic amines is 1. The fraction of sp³-hybridized carbons (Fsp3) is 0.533. The van der Waals surface area contributed by atoms with E-state index >= 15 is 0 Å². The Morgan fingerprint density at radius 3 is 2.91 bits per heavy atom. The maximum Gasteiger partial charge on any atom is 0.311 e. The molecule has 1 fully saturated rings. The van der Waals surface area contributed by atoms with Gasteiger partial charge in [-0.15, -0.1) is 0 Å². The van der Waals surface area contributed by atoms with E-state index in [0.29, 0.717) is 32.4 Å². The van der Waals surface area contributed by atoms with E-state index in [-0.39, 0.29) is 12.1 Å². The molecule has 2 heterocycles. The van der Waals surface area contributed by atoms with Gasteiger partial charge in [-0.1, -0.05) is 0 Å². The molecule has 1 atom stereocenters. The van der Waals surface area contributed by atoms with E-state index in [0.717, 1.165) is 0 Å². The zero-order chi connectivity index (χ0) is 16.2. The molecule has 1 aliphatic heterocycles. The summed E-state index contributed by atoms with van der Waals surface area (Å²) in [7, 11) is 1.52. The number of nitrogens with one attached hydrogen (secondary N) is 1. The van der Waals surface area contributed by atoms with Gasteiger partial charge >= 0.3 is 5.97 Å². The summed E-state index contributed by atoms with van der Waals surface area (Å²) in [6, 6.07) is 3.03. The van der Waals surface area contributed by atoms with Crippen molar-refractivity contribution in [3.63, 3.8) is 0 Å². The number of hydrogen-bond acceptors (Lipinski definition) is 4. The van der Waals surface area contributed by atoms with Crippen LogP contribution in [0.1, 0.15) is 29.6 Å². The van der Waals surface area contributed by atoms with E-state index < -0.39 is 22.9 Å². The number of hydrogen-bond donors (Lipinski definition) is 2. The summed E-state index contributed by atoms with van der Waals surface area (Å²) in [5.41, 5.74) is -1.43. The van der Waals surface area contributed by atoms with Crippen LogP contribution in [0.3, 0.4) is 0 Å². The standard InChI is InChI=1S/C15H20N2O5/c1-22-9-6-15(14(20)21)5-3-8-17(10-15)13(19)11-4-2-7-16-12(11)18/h2,4,7H,3,5-6,8-10H2,1H3,(H,16,18)(H,20,21)/t15-/m1/s1. The first-order valence-corrected chi connectivity index (χ1v) is 7.19. The van der Waals surface area contributed by atoms with Crippen molar-refractivity contribution in [2.45, 2.75) is 19.3 Å². The Morgan fingerprint density at radius 2 is 2.27 bits per heavy atom. The summed E-state index contributed by atoms with van der Waals surface area (Å²) >= 11 is 0. The van der Waals surface area contributed by atoms with Crippen molar-refractivity contribution in [1.82, 2.24) is 9.88 Å². The number of amides is 1. The molecule has 2 rings (SSSR count). The lowest BCUT2D eigenvalue weighted by molar-refractivity contribution is -0.153. The second-order valence-electron chi connectivity index (χ2n) is 5.57. The molecule has 0 spiro atoms. The van der Waals surface area contributed by atoms with Gasteiger partial charge in [-0.2, -0.15) is 0 Å². The lowest BCUT2D eigenvalue weighted by Crippen LogP contribution is -2.51. The second kappa shape index (κ2) is 6.74. The summed E-state index contributed by atoms with van der Waals surface area (Å²) in [5, 5.41) is 9.58. The van der Waals surface area contributed by atoms with Gasteiger partial charge in [-0.25, -0.2) is 0 Å². The number of aliphatic carboxylic acids is 1. The van der Waals surface area contributed by atoms with Crippen LogP contribution in [0.4, 0.5) is 0 Å². The molecule has 7 heteroatoms. The minimum atomic E-state index is -1.01. The van der Waals surface area contributed by atoms with Crippen LogP contribution in [0.15, 0.2) is 23.1 Å². The van der Waals surface area contributed by atoms with Gasteiger partial charge in [0.2, 0.25) is 0 Å². The van der Waals surface area contributed by atoms with E-state index in [9.17, 15) is 19.5 Å². The number of nitrogens with zero attached hydrogens (tertiary/aromatic N) is 1. The zero-order valence-corrected chi connectivity index (χ0v) is 12.5. The van der Waals surface area contributed by atoms with Gasteiger partial charge in [0.05, 0.1) is 5.41 Å². The highest BCUT2D eigenvalue weighted by Crippen LogP contribution is 2.34. The number of H-pyrrole nitrogens is 1. The van der Waals surface area contributed by atoms with E-state index in [1.54, 1.807) is 6.07 Å². The molecule has 1 amide bonds. The van der Waals surface area contributed by atoms with Crippen LogP contribution in [0, 0.1) is 5.41 Å². The van der Waals surface area contributed by atoms with Crippen molar-refractivity contribution in [2.75, 3.05) is 26.8 Å². The molecule has 0 aliphatic carbocycles. The Hall–Kier alpha value is -2.15. The first kappa shape index (κ1) is 16.2. The fourth-order valence-electron chi connectivity index (χ4n) is 2.85. The number of piperidine rings is 1. The molecule has 0 saturated carbocycles. The van der Waals surface area contributed by atoms with Crippen LogP contribution in [0.2, 0.25) is 0 Å². The van der Waals surface area contributed by atoms with Crippen molar-refractivity contribution in [1.29, 1.82) is 0 Å². The Balaban J connectivity index is 2.22. The number of carboxylic acid groups (broad SMARTS) is 1. The third-order valence-electron chi connectivity index (χ3n) is 4.15. The third kappa shape index (κ3) is 3.19. The fourth-order valence-corrected chi connectivity index (χ4v) is 2.85. The number of rotatable bonds is 5. The molecular weight excluding hydrogens is 288 g/mol. The Morgan fingerprint density at radius 1 is 1.50 bits per heavy atom. The number of likely N-dealkylation sites (tertiary alicyclic amines) is 1. The maximum atomic E-state index is 12.5. The summed E-state index contributed by atoms with van der Waals surface area (Å²) in [5.74, 6) is -1.35. The van der Waals surface area contributed by atoms with Gasteiger partial charge in [0.15, 0.2) is 0 Å². The first-order valence-electron chi connectivity index (χ1n) is 7.19. The van der Waals surface area contributed by atoms with Crippen molar-refractivity contribution >= 4 is 11.9 Å². The Bertz CT molecular complexity index is 612. The van der Waals surface area contributed by atoms with Gasteiger partial charge in [0, 0.05) is 33.0 Å². The molecular formula is C15H20N2O5. The largest absolute Gasteiger partial charge is 0.481 e. The van der Waals surface area contributed by atoms with Gasteiger partial charge in [-0.3, -0.25) is 14.4 Å². The molecule has 0 radical (unpaired) electrons. The summed E-state index contributed by atoms with van der Waals surface area (Å²) in [6.45, 7) is 0.869. The number of carbonyl (C=O) groups is 2. The van der Waals surface area contributed by atoms with Crippen LogP contribution < -0.4 is 5.56 Å². The number of carboxylic acids is 1. The molecule has 22 heavy (non-hydrogen) atoms. The quantitative estimate of drug-likeness (QED) is 0.835. The summed E-state index contributed by atoms with van der Waals surface area (Å²) in [6.07, 6.45) is 2.89. The first-order chi connectivity index (χ1) is 10.5. The smallest absolute Gasteiger partial charge is 0.311 e. The normalized spacial score (nSPS) is 21.6. The van der Waals surface area contributed by atoms with Crippen LogP contribution >= 0.6 is 0 Å². The van der Waals surface area contributed by atoms with Crippen molar-refractivity contribution < 1.29 is 19.4 Å². The molecule has 0 bridgehead atoms. The Labute approximate surface area is 127 Å². The number of ether oxygens (including phenoxy) is 1. The predicted molar refractivity (Wildman–Crippen MR) is 78.8 cm³/mol. The van der Waals surface area contributed by atoms with E-state index in [2.05, 4.69) is 4.98 Å². The monoisotopic (exact) mass is 308 g/mol. The highest BCUT2D eigenvalue weighted by Gasteiger charge is 2.43. The number of pyridine rings is 1. The minimum absolute atomic E-state index is 0.0374. The molecule has 2 N–H and O–H groups in total. The highest BCUT2D eigenvalue weighted by atomic mass is 16.5. The molecule has 7 nitrogen and oxygen atoms in total. The average Bonchev–Trinajstić information content (AvgIpc) is 2.53. The van der Waals surface area contributed by atoms with Crippen molar-refractivity contribution in [2.24, 2.45) is 5.41 Å². The highest BCUT2D eigenvalue weighted by molar-refractivity contribution is 5.94. The molecule has 1 aliphatic rings. The zero-order valence-electron chi connectivity index (χ0n) is 12.5. The molecule has 1 aromatic heterocycles. The van der Waals surface area contributed by atoms with E-state index in [1.165, 1.54) is 24.3 Å². The Kier molecular flexibility index (Phi) is 4.97. The van der Waals surface area contributed by atoms with Gasteiger partial charge in [0.25, 0.3) is 11.5 Å². The van der Waals surface area contributed by atoms with Crippen LogP contribution in [-0.2, 0) is 9.53 Å². The topological polar surface area (TPSA) is 99.7 Å². The summed E-state index contributed by atoms with van der Waals surface area (Å²) < 4.78 is 5.00. The van der Waals surface area contributed by atoms with E-state index in [1.807, 2.05) is 0 Å². The van der Waals surface area contributed by atoms with Crippen molar-refractivity contribution in [3.05, 3.63) is 34.2 Å². The number of aromatic nitrogens is 1. The van der Waals surface area contributed by atoms with Crippen LogP contribution in [-0.4, -0.2) is 53.7 Å². The lowest BCUT2D eigenvalue weighted by Gasteiger charge is -2.39.